The van der Waals surface area contributed by atoms with Crippen LogP contribution in [0.2, 0.25) is 0 Å². The highest BCUT2D eigenvalue weighted by atomic mass is 15.2. The molecule has 9 rings (SSSR count). The van der Waals surface area contributed by atoms with Crippen molar-refractivity contribution in [3.05, 3.63) is 169 Å². The molecule has 2 aromatic heterocycles. The molecule has 0 radical (unpaired) electrons. The van der Waals surface area contributed by atoms with Gasteiger partial charge in [-0.25, -0.2) is 0 Å². The molecule has 2 heterocycles. The maximum Gasteiger partial charge on any atom is 0.0959 e. The van der Waals surface area contributed by atoms with E-state index >= 15 is 0 Å². The van der Waals surface area contributed by atoms with Crippen LogP contribution < -0.4 is 9.80 Å². The van der Waals surface area contributed by atoms with Crippen molar-refractivity contribution in [2.45, 2.75) is 13.8 Å². The first kappa shape index (κ1) is 29.5. The van der Waals surface area contributed by atoms with Crippen molar-refractivity contribution in [2.75, 3.05) is 9.80 Å². The number of nitrogens with zero attached hydrogens (tertiary/aromatic N) is 6. The molecule has 0 N–H and O–H groups in total. The lowest BCUT2D eigenvalue weighted by molar-refractivity contribution is 1.11. The fourth-order valence-electron chi connectivity index (χ4n) is 7.18. The summed E-state index contributed by atoms with van der Waals surface area (Å²) in [6.07, 6.45) is 0. The Hall–Kier alpha value is -6.66. The molecule has 0 aliphatic rings. The van der Waals surface area contributed by atoms with E-state index in [1.165, 1.54) is 0 Å². The highest BCUT2D eigenvalue weighted by Gasteiger charge is 2.19. The van der Waals surface area contributed by atoms with Crippen LogP contribution in [0.15, 0.2) is 158 Å². The second kappa shape index (κ2) is 12.1. The van der Waals surface area contributed by atoms with Gasteiger partial charge in [0.25, 0.3) is 0 Å². The minimum Gasteiger partial charge on any atom is -0.310 e. The van der Waals surface area contributed by atoms with Crippen molar-refractivity contribution in [1.82, 2.24) is 20.4 Å². The van der Waals surface area contributed by atoms with Gasteiger partial charge in [0.05, 0.1) is 22.1 Å². The number of aryl methyl sites for hydroxylation is 2. The van der Waals surface area contributed by atoms with Crippen LogP contribution in [0.1, 0.15) is 11.1 Å². The van der Waals surface area contributed by atoms with Crippen molar-refractivity contribution in [1.29, 1.82) is 0 Å². The second-order valence-electron chi connectivity index (χ2n) is 12.6. The summed E-state index contributed by atoms with van der Waals surface area (Å²) in [6, 6.07) is 54.6. The van der Waals surface area contributed by atoms with Crippen LogP contribution in [-0.4, -0.2) is 20.4 Å². The van der Waals surface area contributed by atoms with Gasteiger partial charge in [0.1, 0.15) is 0 Å². The number of rotatable bonds is 6. The van der Waals surface area contributed by atoms with Gasteiger partial charge >= 0.3 is 0 Å². The summed E-state index contributed by atoms with van der Waals surface area (Å²) in [7, 11) is 0. The molecule has 238 valence electrons. The fourth-order valence-corrected chi connectivity index (χ4v) is 7.18. The summed E-state index contributed by atoms with van der Waals surface area (Å²) < 4.78 is 0. The molecule has 0 saturated heterocycles. The Labute approximate surface area is 289 Å². The molecular formula is C44H32N6. The van der Waals surface area contributed by atoms with Gasteiger partial charge in [0.15, 0.2) is 0 Å². The number of aromatic nitrogens is 4. The summed E-state index contributed by atoms with van der Waals surface area (Å²) >= 11 is 0. The van der Waals surface area contributed by atoms with Gasteiger partial charge in [-0.2, -0.15) is 0 Å². The SMILES string of the molecule is Cc1cc(N(c2ccccc2)c2ccccc2)cc2nnc3cc4c(cc3c12)nnc1cc(N(c2ccccc2)c2ccccc2)cc(C)c14. The minimum absolute atomic E-state index is 0.830. The van der Waals surface area contributed by atoms with Gasteiger partial charge in [-0.05, 0) is 110 Å². The van der Waals surface area contributed by atoms with Gasteiger partial charge in [-0.3, -0.25) is 0 Å². The number of benzene rings is 7. The van der Waals surface area contributed by atoms with Crippen LogP contribution in [0, 0.1) is 13.8 Å². The first-order chi connectivity index (χ1) is 24.6. The van der Waals surface area contributed by atoms with Crippen molar-refractivity contribution < 1.29 is 0 Å². The lowest BCUT2D eigenvalue weighted by atomic mass is 9.99. The van der Waals surface area contributed by atoms with Crippen LogP contribution >= 0.6 is 0 Å². The van der Waals surface area contributed by atoms with Crippen molar-refractivity contribution in [2.24, 2.45) is 0 Å². The van der Waals surface area contributed by atoms with Crippen LogP contribution in [0.4, 0.5) is 34.1 Å². The van der Waals surface area contributed by atoms with Crippen molar-refractivity contribution in [3.8, 4) is 0 Å². The quantitative estimate of drug-likeness (QED) is 0.133. The molecule has 0 unspecified atom stereocenters. The first-order valence-electron chi connectivity index (χ1n) is 16.7. The van der Waals surface area contributed by atoms with E-state index < -0.39 is 0 Å². The van der Waals surface area contributed by atoms with E-state index in [1.54, 1.807) is 0 Å². The molecule has 0 amide bonds. The predicted molar refractivity (Wildman–Crippen MR) is 206 cm³/mol. The van der Waals surface area contributed by atoms with E-state index in [1.807, 2.05) is 24.3 Å². The first-order valence-corrected chi connectivity index (χ1v) is 16.7. The van der Waals surface area contributed by atoms with Crippen LogP contribution in [-0.2, 0) is 0 Å². The zero-order chi connectivity index (χ0) is 33.6. The molecular weight excluding hydrogens is 613 g/mol. The zero-order valence-electron chi connectivity index (χ0n) is 27.7. The lowest BCUT2D eigenvalue weighted by Gasteiger charge is -2.26. The van der Waals surface area contributed by atoms with E-state index in [4.69, 9.17) is 20.4 Å². The third-order valence-electron chi connectivity index (χ3n) is 9.36. The molecule has 7 aromatic carbocycles. The third kappa shape index (κ3) is 5.06. The Morgan fingerprint density at radius 2 is 0.620 bits per heavy atom. The molecule has 0 atom stereocenters. The van der Waals surface area contributed by atoms with Gasteiger partial charge in [-0.1, -0.05) is 72.8 Å². The summed E-state index contributed by atoms with van der Waals surface area (Å²) in [5.74, 6) is 0. The molecule has 0 bridgehead atoms. The molecule has 0 aliphatic heterocycles. The topological polar surface area (TPSA) is 58.0 Å². The van der Waals surface area contributed by atoms with E-state index in [0.717, 1.165) is 88.9 Å². The molecule has 0 spiro atoms. The van der Waals surface area contributed by atoms with Crippen LogP contribution in [0.25, 0.3) is 43.6 Å². The Morgan fingerprint density at radius 3 is 0.940 bits per heavy atom. The van der Waals surface area contributed by atoms with E-state index in [2.05, 4.69) is 157 Å². The molecule has 0 aliphatic carbocycles. The van der Waals surface area contributed by atoms with Crippen LogP contribution in [0.3, 0.4) is 0 Å². The van der Waals surface area contributed by atoms with Crippen molar-refractivity contribution >= 4 is 77.7 Å². The average Bonchev–Trinajstić information content (AvgIpc) is 3.16. The Kier molecular flexibility index (Phi) is 7.13. The summed E-state index contributed by atoms with van der Waals surface area (Å²) in [5, 5.41) is 23.3. The zero-order valence-corrected chi connectivity index (χ0v) is 27.7. The summed E-state index contributed by atoms with van der Waals surface area (Å²) in [4.78, 5) is 4.51. The maximum atomic E-state index is 4.79. The van der Waals surface area contributed by atoms with Gasteiger partial charge < -0.3 is 9.80 Å². The molecule has 0 fully saturated rings. The largest absolute Gasteiger partial charge is 0.310 e. The highest BCUT2D eigenvalue weighted by molar-refractivity contribution is 6.15. The standard InChI is InChI=1S/C44H32N6/c1-29-23-35(49(31-15-7-3-8-16-31)32-17-9-4-10-18-32)25-41-43(29)37-27-40-38(28-39(37)45-47-41)44-30(2)24-36(26-42(44)48-46-40)50(33-19-11-5-12-20-33)34-21-13-6-14-22-34/h3-28H,1-2H3. The lowest BCUT2D eigenvalue weighted by Crippen LogP contribution is -2.10. The minimum atomic E-state index is 0.830. The number of hydrogen-bond donors (Lipinski definition) is 0. The number of hydrogen-bond acceptors (Lipinski definition) is 6. The molecule has 50 heavy (non-hydrogen) atoms. The number of para-hydroxylation sites is 4. The Bertz CT molecular complexity index is 2400. The highest BCUT2D eigenvalue weighted by Crippen LogP contribution is 2.41. The van der Waals surface area contributed by atoms with E-state index in [0.29, 0.717) is 0 Å². The monoisotopic (exact) mass is 644 g/mol. The summed E-state index contributed by atoms with van der Waals surface area (Å²) in [6.45, 7) is 4.29. The average molecular weight is 645 g/mol. The number of fused-ring (bicyclic) bond motifs is 6. The van der Waals surface area contributed by atoms with Crippen LogP contribution in [0.5, 0.6) is 0 Å². The van der Waals surface area contributed by atoms with E-state index in [-0.39, 0.29) is 0 Å². The molecule has 9 aromatic rings. The third-order valence-corrected chi connectivity index (χ3v) is 9.36. The molecule has 6 heteroatoms. The normalized spacial score (nSPS) is 11.4. The summed E-state index contributed by atoms with van der Waals surface area (Å²) in [5.41, 5.74) is 11.9. The predicted octanol–water partition coefficient (Wildman–Crippen LogP) is 11.4. The van der Waals surface area contributed by atoms with Gasteiger partial charge in [0.2, 0.25) is 0 Å². The maximum absolute atomic E-state index is 4.79. The van der Waals surface area contributed by atoms with Gasteiger partial charge in [-0.15, -0.1) is 20.4 Å². The van der Waals surface area contributed by atoms with Gasteiger partial charge in [0, 0.05) is 55.7 Å². The molecule has 6 nitrogen and oxygen atoms in total. The second-order valence-corrected chi connectivity index (χ2v) is 12.6. The number of anilines is 6. The Balaban J connectivity index is 1.19. The van der Waals surface area contributed by atoms with Crippen molar-refractivity contribution in [3.63, 3.8) is 0 Å². The molecule has 0 saturated carbocycles. The smallest absolute Gasteiger partial charge is 0.0959 e. The fraction of sp³-hybridized carbons (Fsp3) is 0.0455. The Morgan fingerprint density at radius 1 is 0.320 bits per heavy atom. The van der Waals surface area contributed by atoms with E-state index in [9.17, 15) is 0 Å².